The first-order valence-electron chi connectivity index (χ1n) is 19.5. The van der Waals surface area contributed by atoms with Crippen molar-refractivity contribution in [2.75, 3.05) is 0 Å². The summed E-state index contributed by atoms with van der Waals surface area (Å²) in [6, 6.07) is 4.12. The number of rotatable bonds is 16. The van der Waals surface area contributed by atoms with E-state index in [2.05, 4.69) is 58.1 Å². The van der Waals surface area contributed by atoms with Crippen molar-refractivity contribution in [3.05, 3.63) is 0 Å². The lowest BCUT2D eigenvalue weighted by Crippen LogP contribution is -3.00. The molecule has 0 bridgehead atoms. The summed E-state index contributed by atoms with van der Waals surface area (Å²) in [6.45, 7) is 8.89. The Bertz CT molecular complexity index is 1090. The molecule has 0 aromatic rings. The summed E-state index contributed by atoms with van der Waals surface area (Å²) in [5.41, 5.74) is 0. The Balaban J connectivity index is 0.00000250. The van der Waals surface area contributed by atoms with E-state index in [9.17, 15) is 4.79 Å². The summed E-state index contributed by atoms with van der Waals surface area (Å²) in [5.74, 6) is 2.41. The molecule has 8 nitrogen and oxygen atoms in total. The number of esters is 1. The van der Waals surface area contributed by atoms with Gasteiger partial charge >= 0.3 is 17.9 Å². The zero-order chi connectivity index (χ0) is 31.3. The molecule has 0 aromatic carbocycles. The maximum absolute atomic E-state index is 13.6. The summed E-state index contributed by atoms with van der Waals surface area (Å²) in [6.07, 6.45) is 25.4. The van der Waals surface area contributed by atoms with Gasteiger partial charge in [0.05, 0.1) is 54.4 Å². The van der Waals surface area contributed by atoms with Crippen LogP contribution in [0.15, 0.2) is 0 Å². The molecule has 270 valence electrons. The van der Waals surface area contributed by atoms with E-state index in [1.54, 1.807) is 0 Å². The summed E-state index contributed by atoms with van der Waals surface area (Å²) < 4.78 is 11.3. The first-order valence-corrected chi connectivity index (χ1v) is 19.5. The number of hydrogen-bond donors (Lipinski definition) is 4. The number of guanidine groups is 2. The van der Waals surface area contributed by atoms with Crippen LogP contribution >= 0.6 is 0 Å². The van der Waals surface area contributed by atoms with Crippen molar-refractivity contribution in [1.29, 1.82) is 0 Å². The third-order valence-corrected chi connectivity index (χ3v) is 12.2. The molecule has 6 rings (SSSR count). The van der Waals surface area contributed by atoms with E-state index in [0.717, 1.165) is 31.3 Å². The van der Waals surface area contributed by atoms with Gasteiger partial charge in [0.15, 0.2) is 0 Å². The number of hydrogen-bond acceptors (Lipinski definition) is 6. The van der Waals surface area contributed by atoms with E-state index < -0.39 is 0 Å². The van der Waals surface area contributed by atoms with Crippen LogP contribution in [-0.2, 0) is 9.53 Å². The molecule has 0 spiro atoms. The molecular formula is C37H66Cl2N6O2. The molecule has 6 heterocycles. The summed E-state index contributed by atoms with van der Waals surface area (Å²) in [4.78, 5) is 13.6. The van der Waals surface area contributed by atoms with Crippen molar-refractivity contribution in [1.82, 2.24) is 21.3 Å². The zero-order valence-corrected chi connectivity index (χ0v) is 31.4. The molecule has 0 unspecified atom stereocenters. The van der Waals surface area contributed by atoms with Crippen LogP contribution in [0.5, 0.6) is 0 Å². The fourth-order valence-electron chi connectivity index (χ4n) is 9.94. The van der Waals surface area contributed by atoms with Gasteiger partial charge in [0.1, 0.15) is 5.92 Å². The molecule has 10 atom stereocenters. The van der Waals surface area contributed by atoms with Crippen molar-refractivity contribution < 1.29 is 43.5 Å². The van der Waals surface area contributed by atoms with Gasteiger partial charge < -0.3 is 29.6 Å². The minimum Gasteiger partial charge on any atom is -1.00 e. The number of unbranched alkanes of at least 4 members (excludes halogenated alkanes) is 8. The van der Waals surface area contributed by atoms with Crippen LogP contribution < -0.4 is 46.1 Å². The Kier molecular flexibility index (Phi) is 14.7. The van der Waals surface area contributed by atoms with Crippen LogP contribution in [0.2, 0.25) is 0 Å². The number of nitrogens with zero attached hydrogens (tertiary/aromatic N) is 2. The third-order valence-electron chi connectivity index (χ3n) is 12.2. The minimum atomic E-state index is -0.0941. The number of carbonyl (C=O) groups is 1. The fraction of sp³-hybridized carbons (Fsp3) is 0.919. The number of nitrogens with one attached hydrogen (secondary N) is 4. The molecule has 0 aromatic heterocycles. The molecule has 4 N–H and O–H groups in total. The topological polar surface area (TPSA) is 80.4 Å². The highest BCUT2D eigenvalue weighted by atomic mass is 35.5. The van der Waals surface area contributed by atoms with Gasteiger partial charge in [-0.1, -0.05) is 64.7 Å². The normalized spacial score (nSPS) is 34.0. The van der Waals surface area contributed by atoms with E-state index in [4.69, 9.17) is 4.74 Å². The maximum Gasteiger partial charge on any atom is 0.346 e. The molecule has 2 saturated heterocycles. The molecule has 0 saturated carbocycles. The summed E-state index contributed by atoms with van der Waals surface area (Å²) in [7, 11) is 0. The highest BCUT2D eigenvalue weighted by Gasteiger charge is 2.53. The van der Waals surface area contributed by atoms with Gasteiger partial charge in [0, 0.05) is 19.3 Å². The van der Waals surface area contributed by atoms with Crippen molar-refractivity contribution in [3.63, 3.8) is 0 Å². The first kappa shape index (κ1) is 38.4. The van der Waals surface area contributed by atoms with Crippen LogP contribution in [0.3, 0.4) is 0 Å². The average Bonchev–Trinajstić information content (AvgIpc) is 3.61. The lowest BCUT2D eigenvalue weighted by molar-refractivity contribution is -0.598. The lowest BCUT2D eigenvalue weighted by atomic mass is 9.89. The molecule has 0 radical (unpaired) electrons. The van der Waals surface area contributed by atoms with Crippen molar-refractivity contribution in [2.24, 2.45) is 5.92 Å². The fourth-order valence-corrected chi connectivity index (χ4v) is 9.94. The first-order chi connectivity index (χ1) is 21.9. The van der Waals surface area contributed by atoms with Crippen LogP contribution in [0.1, 0.15) is 156 Å². The molecule has 47 heavy (non-hydrogen) atoms. The third kappa shape index (κ3) is 9.23. The molecule has 6 aliphatic rings. The predicted octanol–water partition coefficient (Wildman–Crippen LogP) is -0.470. The molecule has 0 aliphatic carbocycles. The highest BCUT2D eigenvalue weighted by molar-refractivity contribution is 5.81. The number of carbonyl (C=O) groups excluding carboxylic acids is 1. The highest BCUT2D eigenvalue weighted by Crippen LogP contribution is 2.36. The Morgan fingerprint density at radius 1 is 0.723 bits per heavy atom. The molecule has 2 fully saturated rings. The molecule has 6 aliphatic heterocycles. The second-order valence-corrected chi connectivity index (χ2v) is 15.9. The standard InChI is InChI=1S/C37H64N6O2.2ClH/c1-5-6-7-8-9-10-13-16-29-24-32-20-21-33-34(27(4)39-37(41-29)43(32)33)35(44)45-26(3)15-12-11-14-17-28-23-31-19-18-30-22-25(2)38-36(40-28)42(30)31;;/h25-34H,5-24H2,1-4H3,(H2,38,39,40,41);2*1H/t25-,26+,27-,28+,29+,30+,31-,32-,33-,34+;;/m0../s1. The van der Waals surface area contributed by atoms with Crippen molar-refractivity contribution in [3.8, 4) is 0 Å². The average molecular weight is 698 g/mol. The minimum absolute atomic E-state index is 0. The van der Waals surface area contributed by atoms with Crippen LogP contribution in [0, 0.1) is 5.92 Å². The number of ether oxygens (including phenoxy) is 1. The van der Waals surface area contributed by atoms with Crippen LogP contribution in [-0.4, -0.2) is 81.5 Å². The van der Waals surface area contributed by atoms with Crippen LogP contribution in [0.25, 0.3) is 0 Å². The second kappa shape index (κ2) is 18.0. The second-order valence-electron chi connectivity index (χ2n) is 15.9. The van der Waals surface area contributed by atoms with Gasteiger partial charge in [-0.25, -0.2) is 0 Å². The van der Waals surface area contributed by atoms with Gasteiger partial charge in [-0.15, -0.1) is 0 Å². The smallest absolute Gasteiger partial charge is 0.346 e. The quantitative estimate of drug-likeness (QED) is 0.0994. The number of halogens is 2. The van der Waals surface area contributed by atoms with E-state index in [1.165, 1.54) is 121 Å². The van der Waals surface area contributed by atoms with E-state index in [1.807, 2.05) is 0 Å². The summed E-state index contributed by atoms with van der Waals surface area (Å²) in [5, 5.41) is 15.1. The SMILES string of the molecule is CCCCCCCCC[C@@H]1C[C@@H]2CC[C@H]3[C@H](C(=O)O[C@H](C)CCCCC[C@@H]4C[C@@H]5CC[C@@H]6C[C@H](C)NC(=[N+]65)N4)[C@H](C)NC(=[N+]23)N1.[Cl-].[Cl-]. The zero-order valence-electron chi connectivity index (χ0n) is 29.9. The largest absolute Gasteiger partial charge is 1.00 e. The van der Waals surface area contributed by atoms with Gasteiger partial charge in [0.2, 0.25) is 0 Å². The van der Waals surface area contributed by atoms with Gasteiger partial charge in [-0.05, 0) is 72.1 Å². The van der Waals surface area contributed by atoms with Crippen molar-refractivity contribution >= 4 is 17.9 Å². The van der Waals surface area contributed by atoms with E-state index in [0.29, 0.717) is 24.2 Å². The van der Waals surface area contributed by atoms with Gasteiger partial charge in [-0.2, -0.15) is 0 Å². The molecule has 10 heteroatoms. The maximum atomic E-state index is 13.6. The van der Waals surface area contributed by atoms with E-state index in [-0.39, 0.29) is 54.9 Å². The Morgan fingerprint density at radius 2 is 1.28 bits per heavy atom. The monoisotopic (exact) mass is 696 g/mol. The Hall–Kier alpha value is -1.41. The van der Waals surface area contributed by atoms with Gasteiger partial charge in [0.25, 0.3) is 0 Å². The van der Waals surface area contributed by atoms with Crippen molar-refractivity contribution in [2.45, 2.75) is 211 Å². The van der Waals surface area contributed by atoms with E-state index >= 15 is 0 Å². The Morgan fingerprint density at radius 3 is 1.96 bits per heavy atom. The van der Waals surface area contributed by atoms with Gasteiger partial charge in [-0.3, -0.25) is 35.2 Å². The molecule has 0 amide bonds. The predicted molar refractivity (Wildman–Crippen MR) is 182 cm³/mol. The summed E-state index contributed by atoms with van der Waals surface area (Å²) >= 11 is 0. The molecular weight excluding hydrogens is 631 g/mol. The Labute approximate surface area is 298 Å². The van der Waals surface area contributed by atoms with Crippen LogP contribution in [0.4, 0.5) is 0 Å². The lowest BCUT2D eigenvalue weighted by Gasteiger charge is -2.38.